The summed E-state index contributed by atoms with van der Waals surface area (Å²) in [6, 6.07) is 12.9. The van der Waals surface area contributed by atoms with E-state index in [-0.39, 0.29) is 11.7 Å². The zero-order valence-electron chi connectivity index (χ0n) is 17.2. The van der Waals surface area contributed by atoms with Gasteiger partial charge in [0.2, 0.25) is 0 Å². The molecule has 0 radical (unpaired) electrons. The second-order valence-electron chi connectivity index (χ2n) is 7.10. The maximum Gasteiger partial charge on any atom is 0.271 e. The highest BCUT2D eigenvalue weighted by Crippen LogP contribution is 2.14. The largest absolute Gasteiger partial charge is 0.494 e. The molecular formula is C24H31FN2O2. The summed E-state index contributed by atoms with van der Waals surface area (Å²) < 4.78 is 18.6. The summed E-state index contributed by atoms with van der Waals surface area (Å²) in [5, 5.41) is 3.89. The van der Waals surface area contributed by atoms with Crippen LogP contribution in [0.2, 0.25) is 0 Å². The number of nitrogens with one attached hydrogen (secondary N) is 1. The van der Waals surface area contributed by atoms with Crippen molar-refractivity contribution in [3.63, 3.8) is 0 Å². The maximum atomic E-state index is 12.9. The molecule has 1 N–H and O–H groups in total. The van der Waals surface area contributed by atoms with E-state index >= 15 is 0 Å². The lowest BCUT2D eigenvalue weighted by Gasteiger charge is -2.07. The van der Waals surface area contributed by atoms with E-state index in [1.807, 2.05) is 0 Å². The average Bonchev–Trinajstić information content (AvgIpc) is 2.74. The summed E-state index contributed by atoms with van der Waals surface area (Å²) in [4.78, 5) is 12.1. The van der Waals surface area contributed by atoms with Gasteiger partial charge in [0.25, 0.3) is 5.91 Å². The minimum Gasteiger partial charge on any atom is -0.494 e. The summed E-state index contributed by atoms with van der Waals surface area (Å²) in [6.07, 6.45) is 11.6. The molecule has 2 aromatic rings. The molecule has 0 saturated carbocycles. The summed E-state index contributed by atoms with van der Waals surface area (Å²) in [6.45, 7) is 2.93. The van der Waals surface area contributed by atoms with E-state index < -0.39 is 0 Å². The molecule has 1 amide bonds. The smallest absolute Gasteiger partial charge is 0.271 e. The molecule has 0 aliphatic heterocycles. The highest BCUT2D eigenvalue weighted by Gasteiger charge is 2.04. The lowest BCUT2D eigenvalue weighted by atomic mass is 10.1. The Morgan fingerprint density at radius 2 is 1.55 bits per heavy atom. The average molecular weight is 399 g/mol. The summed E-state index contributed by atoms with van der Waals surface area (Å²) in [7, 11) is 0. The van der Waals surface area contributed by atoms with Crippen molar-refractivity contribution in [2.45, 2.75) is 58.3 Å². The zero-order chi connectivity index (χ0) is 20.7. The predicted molar refractivity (Wildman–Crippen MR) is 116 cm³/mol. The molecule has 0 bridgehead atoms. The van der Waals surface area contributed by atoms with Crippen molar-refractivity contribution in [1.29, 1.82) is 0 Å². The van der Waals surface area contributed by atoms with Crippen LogP contribution in [-0.4, -0.2) is 18.7 Å². The molecular weight excluding hydrogens is 367 g/mol. The van der Waals surface area contributed by atoms with Crippen LogP contribution in [0.1, 0.15) is 74.2 Å². The predicted octanol–water partition coefficient (Wildman–Crippen LogP) is 6.11. The number of carbonyl (C=O) groups is 1. The third-order valence-corrected chi connectivity index (χ3v) is 4.63. The number of benzene rings is 2. The maximum absolute atomic E-state index is 12.9. The van der Waals surface area contributed by atoms with Gasteiger partial charge in [-0.1, -0.05) is 64.0 Å². The van der Waals surface area contributed by atoms with Crippen molar-refractivity contribution in [2.24, 2.45) is 5.10 Å². The topological polar surface area (TPSA) is 50.7 Å². The van der Waals surface area contributed by atoms with Gasteiger partial charge in [-0.15, -0.1) is 0 Å². The van der Waals surface area contributed by atoms with Crippen molar-refractivity contribution in [3.8, 4) is 5.75 Å². The van der Waals surface area contributed by atoms with E-state index in [0.717, 1.165) is 12.2 Å². The fraction of sp³-hybridized carbons (Fsp3) is 0.417. The molecule has 5 heteroatoms. The van der Waals surface area contributed by atoms with Crippen LogP contribution < -0.4 is 10.2 Å². The van der Waals surface area contributed by atoms with Crippen LogP contribution in [0, 0.1) is 5.82 Å². The number of carbonyl (C=O) groups excluding carboxylic acids is 1. The number of hydrogen-bond donors (Lipinski definition) is 1. The lowest BCUT2D eigenvalue weighted by Crippen LogP contribution is -2.17. The number of halogens is 1. The van der Waals surface area contributed by atoms with Gasteiger partial charge >= 0.3 is 0 Å². The van der Waals surface area contributed by atoms with Crippen LogP contribution in [0.5, 0.6) is 5.75 Å². The van der Waals surface area contributed by atoms with Crippen LogP contribution in [-0.2, 0) is 0 Å². The minimum absolute atomic E-state index is 0.307. The van der Waals surface area contributed by atoms with Crippen molar-refractivity contribution >= 4 is 12.1 Å². The van der Waals surface area contributed by atoms with Crippen molar-refractivity contribution in [2.75, 3.05) is 6.61 Å². The minimum atomic E-state index is -0.309. The Bertz CT molecular complexity index is 742. The molecule has 0 aromatic heterocycles. The Morgan fingerprint density at radius 3 is 2.21 bits per heavy atom. The van der Waals surface area contributed by atoms with Crippen molar-refractivity contribution in [1.82, 2.24) is 5.43 Å². The van der Waals surface area contributed by atoms with Gasteiger partial charge in [-0.2, -0.15) is 5.10 Å². The third kappa shape index (κ3) is 9.37. The van der Waals surface area contributed by atoms with Gasteiger partial charge in [0.15, 0.2) is 0 Å². The van der Waals surface area contributed by atoms with Crippen LogP contribution in [0.25, 0.3) is 0 Å². The van der Waals surface area contributed by atoms with Gasteiger partial charge in [0.05, 0.1) is 12.8 Å². The Kier molecular flexibility index (Phi) is 10.5. The zero-order valence-corrected chi connectivity index (χ0v) is 17.2. The van der Waals surface area contributed by atoms with Gasteiger partial charge < -0.3 is 4.74 Å². The Hall–Kier alpha value is -2.69. The quantitative estimate of drug-likeness (QED) is 0.251. The SMILES string of the molecule is CCCCCCCCCCOc1ccc(C(=O)NN=Cc2ccc(F)cc2)cc1. The van der Waals surface area contributed by atoms with Crippen LogP contribution in [0.3, 0.4) is 0 Å². The molecule has 2 aromatic carbocycles. The molecule has 0 spiro atoms. The van der Waals surface area contributed by atoms with Gasteiger partial charge in [-0.3, -0.25) is 4.79 Å². The highest BCUT2D eigenvalue weighted by atomic mass is 19.1. The van der Waals surface area contributed by atoms with Crippen LogP contribution in [0.15, 0.2) is 53.6 Å². The van der Waals surface area contributed by atoms with Crippen LogP contribution >= 0.6 is 0 Å². The molecule has 0 aliphatic rings. The van der Waals surface area contributed by atoms with E-state index in [9.17, 15) is 9.18 Å². The highest BCUT2D eigenvalue weighted by molar-refractivity contribution is 5.94. The summed E-state index contributed by atoms with van der Waals surface area (Å²) in [5.74, 6) is 0.146. The van der Waals surface area contributed by atoms with E-state index in [2.05, 4.69) is 17.5 Å². The van der Waals surface area contributed by atoms with E-state index in [0.29, 0.717) is 17.7 Å². The molecule has 0 fully saturated rings. The lowest BCUT2D eigenvalue weighted by molar-refractivity contribution is 0.0955. The van der Waals surface area contributed by atoms with Gasteiger partial charge in [-0.05, 0) is 48.4 Å². The molecule has 0 unspecified atom stereocenters. The molecule has 0 heterocycles. The molecule has 0 atom stereocenters. The monoisotopic (exact) mass is 398 g/mol. The Morgan fingerprint density at radius 1 is 0.931 bits per heavy atom. The second kappa shape index (κ2) is 13.5. The Balaban J connectivity index is 1.63. The summed E-state index contributed by atoms with van der Waals surface area (Å²) >= 11 is 0. The number of ether oxygens (including phenoxy) is 1. The van der Waals surface area contributed by atoms with E-state index in [1.165, 1.54) is 63.3 Å². The Labute approximate surface area is 173 Å². The fourth-order valence-corrected chi connectivity index (χ4v) is 2.91. The molecule has 0 aliphatic carbocycles. The van der Waals surface area contributed by atoms with Gasteiger partial charge in [-0.25, -0.2) is 9.82 Å². The standard InChI is InChI=1S/C24H31FN2O2/c1-2-3-4-5-6-7-8-9-18-29-23-16-12-21(13-17-23)24(28)27-26-19-20-10-14-22(25)15-11-20/h10-17,19H,2-9,18H2,1H3,(H,27,28). The van der Waals surface area contributed by atoms with Crippen LogP contribution in [0.4, 0.5) is 4.39 Å². The first-order valence-electron chi connectivity index (χ1n) is 10.5. The first kappa shape index (κ1) is 22.6. The second-order valence-corrected chi connectivity index (χ2v) is 7.10. The van der Waals surface area contributed by atoms with Crippen molar-refractivity contribution < 1.29 is 13.9 Å². The number of hydrogen-bond acceptors (Lipinski definition) is 3. The third-order valence-electron chi connectivity index (χ3n) is 4.63. The summed E-state index contributed by atoms with van der Waals surface area (Å²) in [5.41, 5.74) is 3.67. The molecule has 2 rings (SSSR count). The first-order valence-corrected chi connectivity index (χ1v) is 10.5. The van der Waals surface area contributed by atoms with Gasteiger partial charge in [0, 0.05) is 5.56 Å². The number of rotatable bonds is 13. The normalized spacial score (nSPS) is 11.0. The first-order chi connectivity index (χ1) is 14.2. The molecule has 156 valence electrons. The number of amides is 1. The van der Waals surface area contributed by atoms with E-state index in [4.69, 9.17) is 4.74 Å². The molecule has 29 heavy (non-hydrogen) atoms. The number of unbranched alkanes of at least 4 members (excludes halogenated alkanes) is 7. The fourth-order valence-electron chi connectivity index (χ4n) is 2.91. The van der Waals surface area contributed by atoms with Crippen molar-refractivity contribution in [3.05, 3.63) is 65.5 Å². The number of hydrazone groups is 1. The molecule has 0 saturated heterocycles. The molecule has 4 nitrogen and oxygen atoms in total. The van der Waals surface area contributed by atoms with E-state index in [1.54, 1.807) is 36.4 Å². The number of nitrogens with zero attached hydrogens (tertiary/aromatic N) is 1. The van der Waals surface area contributed by atoms with Gasteiger partial charge in [0.1, 0.15) is 11.6 Å².